The average Bonchev–Trinajstić information content (AvgIpc) is 2.91. The maximum Gasteiger partial charge on any atom is 0.324 e. The largest absolute Gasteiger partial charge is 0.324 e. The molecular formula is C17H26N2O. The fraction of sp³-hybridized carbons (Fsp3) is 0.588. The molecule has 1 aromatic carbocycles. The summed E-state index contributed by atoms with van der Waals surface area (Å²) in [5.41, 5.74) is 2.40. The fourth-order valence-electron chi connectivity index (χ4n) is 2.71. The molecule has 0 aromatic heterocycles. The Kier molecular flexibility index (Phi) is 5.45. The van der Waals surface area contributed by atoms with Gasteiger partial charge in [0.2, 0.25) is 0 Å². The summed E-state index contributed by atoms with van der Waals surface area (Å²) in [4.78, 5) is 16.8. The second-order valence-corrected chi connectivity index (χ2v) is 5.51. The lowest BCUT2D eigenvalue weighted by Gasteiger charge is -2.28. The first-order valence-electron chi connectivity index (χ1n) is 7.92. The highest BCUT2D eigenvalue weighted by atomic mass is 16.2. The minimum absolute atomic E-state index is 0.192. The summed E-state index contributed by atoms with van der Waals surface area (Å²) in [5, 5.41) is 0. The lowest BCUT2D eigenvalue weighted by molar-refractivity contribution is 0.203. The number of carbonyl (C=O) groups excluding carboxylic acids is 1. The topological polar surface area (TPSA) is 23.6 Å². The number of amides is 2. The van der Waals surface area contributed by atoms with Crippen molar-refractivity contribution in [2.24, 2.45) is 0 Å². The van der Waals surface area contributed by atoms with Crippen LogP contribution in [0.5, 0.6) is 0 Å². The predicted molar refractivity (Wildman–Crippen MR) is 84.3 cm³/mol. The number of carbonyl (C=O) groups is 1. The van der Waals surface area contributed by atoms with Crippen LogP contribution < -0.4 is 4.90 Å². The second-order valence-electron chi connectivity index (χ2n) is 5.51. The highest BCUT2D eigenvalue weighted by Gasteiger charge is 2.27. The summed E-state index contributed by atoms with van der Waals surface area (Å²) in [6.07, 6.45) is 5.42. The monoisotopic (exact) mass is 274 g/mol. The quantitative estimate of drug-likeness (QED) is 0.767. The smallest absolute Gasteiger partial charge is 0.324 e. The molecule has 1 aromatic rings. The number of anilines is 1. The summed E-state index contributed by atoms with van der Waals surface area (Å²) in [6, 6.07) is 8.46. The van der Waals surface area contributed by atoms with Gasteiger partial charge in [0, 0.05) is 25.3 Å². The van der Waals surface area contributed by atoms with Crippen molar-refractivity contribution >= 4 is 11.7 Å². The maximum absolute atomic E-state index is 12.8. The molecule has 0 N–H and O–H groups in total. The molecule has 0 atom stereocenters. The van der Waals surface area contributed by atoms with E-state index < -0.39 is 0 Å². The molecule has 1 aliphatic rings. The Morgan fingerprint density at radius 1 is 1.15 bits per heavy atom. The molecule has 2 rings (SSSR count). The van der Waals surface area contributed by atoms with Crippen LogP contribution in [0.1, 0.15) is 45.1 Å². The number of fused-ring (bicyclic) bond motifs is 1. The number of para-hydroxylation sites is 1. The Morgan fingerprint density at radius 2 is 1.80 bits per heavy atom. The third-order valence-electron chi connectivity index (χ3n) is 3.95. The molecule has 3 heteroatoms. The molecule has 110 valence electrons. The molecule has 0 spiro atoms. The first-order chi connectivity index (χ1) is 9.77. The van der Waals surface area contributed by atoms with Gasteiger partial charge in [0.25, 0.3) is 0 Å². The molecule has 0 saturated carbocycles. The van der Waals surface area contributed by atoms with E-state index in [2.05, 4.69) is 32.0 Å². The van der Waals surface area contributed by atoms with E-state index >= 15 is 0 Å². The third-order valence-corrected chi connectivity index (χ3v) is 3.95. The van der Waals surface area contributed by atoms with Gasteiger partial charge in [-0.05, 0) is 30.9 Å². The standard InChI is InChI=1S/C17H26N2O/c1-3-5-12-18(13-6-4-2)17(20)19-14-11-15-9-7-8-10-16(15)19/h7-10H,3-6,11-14H2,1-2H3. The van der Waals surface area contributed by atoms with Crippen LogP contribution >= 0.6 is 0 Å². The zero-order valence-corrected chi connectivity index (χ0v) is 12.8. The number of benzene rings is 1. The number of rotatable bonds is 6. The van der Waals surface area contributed by atoms with Crippen molar-refractivity contribution < 1.29 is 4.79 Å². The lowest BCUT2D eigenvalue weighted by atomic mass is 10.2. The van der Waals surface area contributed by atoms with Crippen molar-refractivity contribution in [1.29, 1.82) is 0 Å². The molecule has 3 nitrogen and oxygen atoms in total. The fourth-order valence-corrected chi connectivity index (χ4v) is 2.71. The van der Waals surface area contributed by atoms with Gasteiger partial charge < -0.3 is 4.90 Å². The van der Waals surface area contributed by atoms with E-state index in [1.807, 2.05) is 15.9 Å². The van der Waals surface area contributed by atoms with Crippen molar-refractivity contribution in [1.82, 2.24) is 4.90 Å². The van der Waals surface area contributed by atoms with E-state index in [1.165, 1.54) is 5.56 Å². The molecular weight excluding hydrogens is 248 g/mol. The number of urea groups is 1. The molecule has 0 unspecified atom stereocenters. The van der Waals surface area contributed by atoms with Crippen LogP contribution in [0.25, 0.3) is 0 Å². The van der Waals surface area contributed by atoms with Crippen molar-refractivity contribution in [2.45, 2.75) is 46.0 Å². The van der Waals surface area contributed by atoms with E-state index in [0.29, 0.717) is 0 Å². The lowest BCUT2D eigenvalue weighted by Crippen LogP contribution is -2.43. The molecule has 0 radical (unpaired) electrons. The normalized spacial score (nSPS) is 13.4. The van der Waals surface area contributed by atoms with Gasteiger partial charge in [-0.1, -0.05) is 44.9 Å². The first-order valence-corrected chi connectivity index (χ1v) is 7.92. The zero-order chi connectivity index (χ0) is 14.4. The highest BCUT2D eigenvalue weighted by Crippen LogP contribution is 2.28. The summed E-state index contributed by atoms with van der Waals surface area (Å²) in [7, 11) is 0. The van der Waals surface area contributed by atoms with Gasteiger partial charge >= 0.3 is 6.03 Å². The minimum atomic E-state index is 0.192. The van der Waals surface area contributed by atoms with Crippen LogP contribution in [-0.2, 0) is 6.42 Å². The van der Waals surface area contributed by atoms with Crippen LogP contribution in [-0.4, -0.2) is 30.6 Å². The first kappa shape index (κ1) is 14.9. The van der Waals surface area contributed by atoms with Gasteiger partial charge in [-0.15, -0.1) is 0 Å². The third kappa shape index (κ3) is 3.33. The number of nitrogens with zero attached hydrogens (tertiary/aromatic N) is 2. The van der Waals surface area contributed by atoms with Crippen LogP contribution in [0.3, 0.4) is 0 Å². The molecule has 0 aliphatic carbocycles. The van der Waals surface area contributed by atoms with Gasteiger partial charge in [0.1, 0.15) is 0 Å². The van der Waals surface area contributed by atoms with Crippen molar-refractivity contribution in [2.75, 3.05) is 24.5 Å². The van der Waals surface area contributed by atoms with Crippen LogP contribution in [0.15, 0.2) is 24.3 Å². The van der Waals surface area contributed by atoms with Crippen LogP contribution in [0, 0.1) is 0 Å². The SMILES string of the molecule is CCCCN(CCCC)C(=O)N1CCc2ccccc21. The Bertz CT molecular complexity index is 436. The molecule has 20 heavy (non-hydrogen) atoms. The van der Waals surface area contributed by atoms with E-state index in [9.17, 15) is 4.79 Å². The zero-order valence-electron chi connectivity index (χ0n) is 12.8. The molecule has 0 bridgehead atoms. The Balaban J connectivity index is 2.07. The van der Waals surface area contributed by atoms with E-state index in [1.54, 1.807) is 0 Å². The summed E-state index contributed by atoms with van der Waals surface area (Å²) < 4.78 is 0. The van der Waals surface area contributed by atoms with Crippen LogP contribution in [0.4, 0.5) is 10.5 Å². The van der Waals surface area contributed by atoms with Gasteiger partial charge in [-0.3, -0.25) is 4.90 Å². The van der Waals surface area contributed by atoms with Crippen molar-refractivity contribution in [3.63, 3.8) is 0 Å². The predicted octanol–water partition coefficient (Wildman–Crippen LogP) is 4.07. The summed E-state index contributed by atoms with van der Waals surface area (Å²) >= 11 is 0. The Hall–Kier alpha value is -1.51. The maximum atomic E-state index is 12.8. The van der Waals surface area contributed by atoms with Crippen molar-refractivity contribution in [3.05, 3.63) is 29.8 Å². The van der Waals surface area contributed by atoms with Crippen molar-refractivity contribution in [3.8, 4) is 0 Å². The number of unbranched alkanes of at least 4 members (excludes halogenated alkanes) is 2. The second kappa shape index (κ2) is 7.32. The average molecular weight is 274 g/mol. The van der Waals surface area contributed by atoms with Gasteiger partial charge in [-0.2, -0.15) is 0 Å². The van der Waals surface area contributed by atoms with E-state index in [-0.39, 0.29) is 6.03 Å². The highest BCUT2D eigenvalue weighted by molar-refractivity contribution is 5.94. The molecule has 0 saturated heterocycles. The minimum Gasteiger partial charge on any atom is -0.324 e. The molecule has 0 fully saturated rings. The van der Waals surface area contributed by atoms with Gasteiger partial charge in [-0.25, -0.2) is 4.79 Å². The Morgan fingerprint density at radius 3 is 2.45 bits per heavy atom. The molecule has 1 heterocycles. The number of hydrogen-bond donors (Lipinski definition) is 0. The van der Waals surface area contributed by atoms with Gasteiger partial charge in [0.15, 0.2) is 0 Å². The number of hydrogen-bond acceptors (Lipinski definition) is 1. The van der Waals surface area contributed by atoms with Gasteiger partial charge in [0.05, 0.1) is 0 Å². The van der Waals surface area contributed by atoms with Crippen LogP contribution in [0.2, 0.25) is 0 Å². The molecule has 1 aliphatic heterocycles. The molecule has 2 amide bonds. The summed E-state index contributed by atoms with van der Waals surface area (Å²) in [6.45, 7) is 6.94. The van der Waals surface area contributed by atoms with E-state index in [0.717, 1.165) is 57.4 Å². The van der Waals surface area contributed by atoms with E-state index in [4.69, 9.17) is 0 Å². The summed E-state index contributed by atoms with van der Waals surface area (Å²) in [5.74, 6) is 0. The Labute approximate surface area is 122 Å².